The van der Waals surface area contributed by atoms with Crippen molar-refractivity contribution in [2.75, 3.05) is 32.8 Å². The summed E-state index contributed by atoms with van der Waals surface area (Å²) in [5.41, 5.74) is 1.18. The SMILES string of the molecule is CC(C)C[N-]CCCOCC[N-]C(=O)CC(=O)[N-]c1ccc(CC(=O)C2CCCCC2=O)cc1.[Rb+].[Rb+].[Rb+]. The summed E-state index contributed by atoms with van der Waals surface area (Å²) in [6, 6.07) is 6.70. The average Bonchev–Trinajstić information content (AvgIpc) is 2.79. The average molecular weight is 727 g/mol. The van der Waals surface area contributed by atoms with Crippen LogP contribution < -0.4 is 175 Å². The normalized spacial score (nSPS) is 14.6. The third-order valence-corrected chi connectivity index (χ3v) is 5.44. The Balaban J connectivity index is 0. The summed E-state index contributed by atoms with van der Waals surface area (Å²) in [4.78, 5) is 48.2. The van der Waals surface area contributed by atoms with Gasteiger partial charge in [0.1, 0.15) is 11.6 Å². The van der Waals surface area contributed by atoms with Gasteiger partial charge >= 0.3 is 175 Å². The van der Waals surface area contributed by atoms with Crippen molar-refractivity contribution in [3.05, 3.63) is 45.8 Å². The monoisotopic (exact) mass is 725 g/mol. The molecule has 0 radical (unpaired) electrons. The molecule has 1 aliphatic rings. The van der Waals surface area contributed by atoms with E-state index in [1.54, 1.807) is 24.3 Å². The molecule has 2 amide bonds. The van der Waals surface area contributed by atoms with E-state index in [1.165, 1.54) is 0 Å². The number of carbonyl (C=O) groups is 4. The largest absolute Gasteiger partial charge is 1.00 e. The Labute approximate surface area is 368 Å². The van der Waals surface area contributed by atoms with Crippen molar-refractivity contribution in [1.82, 2.24) is 0 Å². The molecule has 1 aromatic carbocycles. The number of ketones is 2. The summed E-state index contributed by atoms with van der Waals surface area (Å²) in [6.45, 7) is 6.98. The number of nitrogens with zero attached hydrogens (tertiary/aromatic N) is 3. The number of amides is 2. The predicted octanol–water partition coefficient (Wildman–Crippen LogP) is -4.17. The Morgan fingerprint density at radius 2 is 1.68 bits per heavy atom. The molecule has 1 saturated carbocycles. The fourth-order valence-electron chi connectivity index (χ4n) is 3.67. The number of Topliss-reactive ketones (excluding diaryl/α,β-unsaturated/α-hetero) is 2. The molecule has 188 valence electrons. The molecule has 1 aliphatic carbocycles. The summed E-state index contributed by atoms with van der Waals surface area (Å²) < 4.78 is 5.42. The fourth-order valence-corrected chi connectivity index (χ4v) is 3.67. The van der Waals surface area contributed by atoms with Crippen molar-refractivity contribution in [3.63, 3.8) is 0 Å². The smallest absolute Gasteiger partial charge is 0.662 e. The molecule has 2 rings (SSSR count). The molecule has 0 saturated heterocycles. The zero-order chi connectivity index (χ0) is 24.8. The van der Waals surface area contributed by atoms with Crippen LogP contribution in [0.25, 0.3) is 16.0 Å². The van der Waals surface area contributed by atoms with Gasteiger partial charge < -0.3 is 30.3 Å². The van der Waals surface area contributed by atoms with Crippen LogP contribution in [0, 0.1) is 11.8 Å². The Kier molecular flexibility index (Phi) is 28.7. The predicted molar refractivity (Wildman–Crippen MR) is 131 cm³/mol. The van der Waals surface area contributed by atoms with Gasteiger partial charge in [-0.15, -0.1) is 25.3 Å². The minimum absolute atomic E-state index is 0. The minimum Gasteiger partial charge on any atom is -0.662 e. The van der Waals surface area contributed by atoms with Crippen LogP contribution in [0.4, 0.5) is 5.69 Å². The van der Waals surface area contributed by atoms with E-state index in [1.807, 2.05) is 0 Å². The molecular formula is C26H36N3O5Rb3. The zero-order valence-electron chi connectivity index (χ0n) is 23.3. The standard InChI is InChI=1S/C26H38N3O5.3Rb/c1-19(2)18-27-12-5-14-34-15-13-28-25(32)17-26(33)29-21-10-8-20(9-11-21)16-24(31)22-6-3-4-7-23(22)30;;;/h8-11,19,22H,3-7,12-18H2,1-2H3,(H2,28,29,32,33);;;/q-1;3*+1/p-2. The summed E-state index contributed by atoms with van der Waals surface area (Å²) in [5, 5.41) is 12.1. The van der Waals surface area contributed by atoms with Gasteiger partial charge in [-0.1, -0.05) is 50.5 Å². The first-order chi connectivity index (χ1) is 16.3. The van der Waals surface area contributed by atoms with E-state index in [0.29, 0.717) is 37.7 Å². The summed E-state index contributed by atoms with van der Waals surface area (Å²) in [7, 11) is 0. The molecule has 8 nitrogen and oxygen atoms in total. The maximum absolute atomic E-state index is 12.4. The number of hydrogen-bond donors (Lipinski definition) is 0. The number of hydrogen-bond acceptors (Lipinski definition) is 5. The van der Waals surface area contributed by atoms with Gasteiger partial charge in [-0.25, -0.2) is 0 Å². The zero-order valence-corrected chi connectivity index (χ0v) is 38.1. The number of benzene rings is 1. The first kappa shape index (κ1) is 42.0. The van der Waals surface area contributed by atoms with Gasteiger partial charge in [0.2, 0.25) is 0 Å². The second-order valence-electron chi connectivity index (χ2n) is 9.02. The quantitative estimate of drug-likeness (QED) is 0.134. The molecule has 1 fully saturated rings. The van der Waals surface area contributed by atoms with Crippen LogP contribution in [-0.4, -0.2) is 56.2 Å². The Morgan fingerprint density at radius 3 is 2.32 bits per heavy atom. The van der Waals surface area contributed by atoms with Crippen LogP contribution in [-0.2, 0) is 30.3 Å². The maximum atomic E-state index is 12.4. The first-order valence-corrected chi connectivity index (χ1v) is 12.2. The van der Waals surface area contributed by atoms with Crippen LogP contribution in [0.1, 0.15) is 57.9 Å². The van der Waals surface area contributed by atoms with Gasteiger partial charge in [0.25, 0.3) is 0 Å². The third kappa shape index (κ3) is 19.6. The van der Waals surface area contributed by atoms with E-state index in [-0.39, 0.29) is 199 Å². The van der Waals surface area contributed by atoms with Crippen LogP contribution in [0.3, 0.4) is 0 Å². The number of carbonyl (C=O) groups excluding carboxylic acids is 4. The van der Waals surface area contributed by atoms with Crippen molar-refractivity contribution in [3.8, 4) is 0 Å². The molecular weight excluding hydrogens is 691 g/mol. The van der Waals surface area contributed by atoms with E-state index in [4.69, 9.17) is 4.74 Å². The molecule has 0 aliphatic heterocycles. The molecule has 0 bridgehead atoms. The Bertz CT molecular complexity index is 822. The molecule has 1 aromatic rings. The van der Waals surface area contributed by atoms with E-state index in [2.05, 4.69) is 29.8 Å². The summed E-state index contributed by atoms with van der Waals surface area (Å²) in [5.74, 6) is -1.02. The van der Waals surface area contributed by atoms with E-state index in [9.17, 15) is 19.2 Å². The van der Waals surface area contributed by atoms with Crippen molar-refractivity contribution in [2.45, 2.75) is 58.8 Å². The summed E-state index contributed by atoms with van der Waals surface area (Å²) in [6.07, 6.45) is 3.54. The number of ether oxygens (including phenoxy) is 1. The molecule has 37 heavy (non-hydrogen) atoms. The van der Waals surface area contributed by atoms with E-state index in [0.717, 1.165) is 37.9 Å². The molecule has 1 atom stereocenters. The molecule has 1 unspecified atom stereocenters. The molecule has 0 heterocycles. The minimum atomic E-state index is -0.571. The molecule has 11 heteroatoms. The third-order valence-electron chi connectivity index (χ3n) is 5.44. The van der Waals surface area contributed by atoms with Crippen molar-refractivity contribution < 1.29 is 198 Å². The van der Waals surface area contributed by atoms with Gasteiger partial charge in [0, 0.05) is 32.5 Å². The Morgan fingerprint density at radius 1 is 0.973 bits per heavy atom. The van der Waals surface area contributed by atoms with Gasteiger partial charge in [0.15, 0.2) is 0 Å². The number of rotatable bonds is 15. The van der Waals surface area contributed by atoms with Gasteiger partial charge in [-0.05, 0) is 24.8 Å². The van der Waals surface area contributed by atoms with E-state index >= 15 is 0 Å². The second kappa shape index (κ2) is 25.3. The van der Waals surface area contributed by atoms with Gasteiger partial charge in [0.05, 0.1) is 17.7 Å². The molecule has 0 spiro atoms. The van der Waals surface area contributed by atoms with Crippen LogP contribution in [0.15, 0.2) is 24.3 Å². The van der Waals surface area contributed by atoms with Gasteiger partial charge in [-0.2, -0.15) is 0 Å². The topological polar surface area (TPSA) is 120 Å². The van der Waals surface area contributed by atoms with Crippen LogP contribution in [0.5, 0.6) is 0 Å². The maximum Gasteiger partial charge on any atom is 1.00 e. The molecule has 0 N–H and O–H groups in total. The van der Waals surface area contributed by atoms with Crippen molar-refractivity contribution in [2.24, 2.45) is 11.8 Å². The first-order valence-electron chi connectivity index (χ1n) is 12.2. The Hall–Kier alpha value is 2.84. The van der Waals surface area contributed by atoms with Gasteiger partial charge in [-0.3, -0.25) is 9.59 Å². The second-order valence-corrected chi connectivity index (χ2v) is 9.02. The summed E-state index contributed by atoms with van der Waals surface area (Å²) >= 11 is 0. The van der Waals surface area contributed by atoms with Crippen LogP contribution in [0.2, 0.25) is 0 Å². The fraction of sp³-hybridized carbons (Fsp3) is 0.615. The van der Waals surface area contributed by atoms with E-state index < -0.39 is 24.2 Å². The van der Waals surface area contributed by atoms with Crippen molar-refractivity contribution in [1.29, 1.82) is 0 Å². The van der Waals surface area contributed by atoms with Crippen molar-refractivity contribution >= 4 is 29.1 Å². The van der Waals surface area contributed by atoms with Crippen LogP contribution >= 0.6 is 0 Å². The molecule has 0 aromatic heterocycles.